The van der Waals surface area contributed by atoms with Crippen molar-refractivity contribution in [1.29, 1.82) is 0 Å². The Bertz CT molecular complexity index is 1140. The number of hydrogen-bond acceptors (Lipinski definition) is 2. The zero-order chi connectivity index (χ0) is 20.1. The maximum atomic E-state index is 6.41. The molecular weight excluding hydrogens is 342 g/mol. The molecule has 0 radical (unpaired) electrons. The number of benzene rings is 2. The third-order valence-electron chi connectivity index (χ3n) is 5.36. The van der Waals surface area contributed by atoms with E-state index in [2.05, 4.69) is 89.0 Å². The Labute approximate surface area is 167 Å². The highest BCUT2D eigenvalue weighted by atomic mass is 16.3. The predicted molar refractivity (Wildman–Crippen MR) is 118 cm³/mol. The normalized spacial score (nSPS) is 11.9. The van der Waals surface area contributed by atoms with Gasteiger partial charge in [-0.1, -0.05) is 62.2 Å². The molecular formula is C26H27NO. The zero-order valence-electron chi connectivity index (χ0n) is 17.6. The lowest BCUT2D eigenvalue weighted by Gasteiger charge is -2.18. The third-order valence-corrected chi connectivity index (χ3v) is 5.36. The minimum Gasteiger partial charge on any atom is -0.453 e. The molecule has 2 aromatic carbocycles. The van der Waals surface area contributed by atoms with Gasteiger partial charge in [0.25, 0.3) is 0 Å². The molecule has 0 saturated carbocycles. The average molecular weight is 370 g/mol. The van der Waals surface area contributed by atoms with Crippen LogP contribution in [0.3, 0.4) is 0 Å². The maximum Gasteiger partial charge on any atom is 0.161 e. The van der Waals surface area contributed by atoms with Crippen molar-refractivity contribution >= 4 is 11.0 Å². The molecule has 0 unspecified atom stereocenters. The van der Waals surface area contributed by atoms with Crippen LogP contribution < -0.4 is 0 Å². The van der Waals surface area contributed by atoms with Gasteiger partial charge in [-0.25, -0.2) is 0 Å². The molecule has 0 atom stereocenters. The quantitative estimate of drug-likeness (QED) is 0.368. The number of furan rings is 1. The minimum atomic E-state index is 0.140. The molecule has 0 N–H and O–H groups in total. The molecule has 0 aliphatic carbocycles. The lowest BCUT2D eigenvalue weighted by atomic mass is 9.86. The van der Waals surface area contributed by atoms with Crippen LogP contribution in [0.25, 0.3) is 33.6 Å². The highest BCUT2D eigenvalue weighted by Crippen LogP contribution is 2.38. The fraction of sp³-hybridized carbons (Fsp3) is 0.269. The van der Waals surface area contributed by atoms with Gasteiger partial charge in [-0.05, 0) is 49.9 Å². The van der Waals surface area contributed by atoms with E-state index in [9.17, 15) is 0 Å². The lowest BCUT2D eigenvalue weighted by molar-refractivity contribution is 0.590. The molecule has 2 nitrogen and oxygen atoms in total. The van der Waals surface area contributed by atoms with E-state index in [1.54, 1.807) is 0 Å². The van der Waals surface area contributed by atoms with Crippen LogP contribution >= 0.6 is 0 Å². The molecule has 0 aliphatic rings. The predicted octanol–water partition coefficient (Wildman–Crippen LogP) is 7.38. The Morgan fingerprint density at radius 2 is 1.43 bits per heavy atom. The summed E-state index contributed by atoms with van der Waals surface area (Å²) < 4.78 is 6.41. The average Bonchev–Trinajstić information content (AvgIpc) is 2.97. The molecule has 0 spiro atoms. The van der Waals surface area contributed by atoms with E-state index in [4.69, 9.17) is 4.42 Å². The van der Waals surface area contributed by atoms with Gasteiger partial charge >= 0.3 is 0 Å². The monoisotopic (exact) mass is 369 g/mol. The van der Waals surface area contributed by atoms with Crippen LogP contribution in [0.1, 0.15) is 43.0 Å². The molecule has 0 fully saturated rings. The van der Waals surface area contributed by atoms with Gasteiger partial charge in [0.1, 0.15) is 11.5 Å². The van der Waals surface area contributed by atoms with Gasteiger partial charge in [-0.2, -0.15) is 0 Å². The first-order valence-corrected chi connectivity index (χ1v) is 9.82. The van der Waals surface area contributed by atoms with Crippen molar-refractivity contribution in [2.75, 3.05) is 0 Å². The summed E-state index contributed by atoms with van der Waals surface area (Å²) in [5.74, 6) is 0.925. The lowest BCUT2D eigenvalue weighted by Crippen LogP contribution is -2.10. The number of fused-ring (bicyclic) bond motifs is 1. The second kappa shape index (κ2) is 6.63. The second-order valence-corrected chi connectivity index (χ2v) is 8.80. The van der Waals surface area contributed by atoms with Crippen molar-refractivity contribution in [3.63, 3.8) is 0 Å². The fourth-order valence-corrected chi connectivity index (χ4v) is 3.86. The number of aromatic nitrogens is 1. The summed E-state index contributed by atoms with van der Waals surface area (Å²) in [6, 6.07) is 17.3. The molecule has 0 bridgehead atoms. The van der Waals surface area contributed by atoms with Gasteiger partial charge < -0.3 is 4.42 Å². The summed E-state index contributed by atoms with van der Waals surface area (Å²) in [7, 11) is 0. The van der Waals surface area contributed by atoms with Gasteiger partial charge in [0.05, 0.1) is 0 Å². The van der Waals surface area contributed by atoms with Crippen molar-refractivity contribution in [2.24, 2.45) is 0 Å². The Hall–Kier alpha value is -2.87. The Balaban J connectivity index is 1.87. The molecule has 28 heavy (non-hydrogen) atoms. The summed E-state index contributed by atoms with van der Waals surface area (Å²) in [4.78, 5) is 4.66. The van der Waals surface area contributed by atoms with Crippen molar-refractivity contribution in [1.82, 2.24) is 4.98 Å². The van der Waals surface area contributed by atoms with E-state index in [-0.39, 0.29) is 5.41 Å². The maximum absolute atomic E-state index is 6.41. The SMILES string of the molecule is Cc1cc(C)cc(-c2nccc3c(C)c(-c4ccc(C(C)(C)C)cc4)oc23)c1. The van der Waals surface area contributed by atoms with E-state index in [0.717, 1.165) is 39.1 Å². The topological polar surface area (TPSA) is 26.0 Å². The minimum absolute atomic E-state index is 0.140. The molecule has 4 rings (SSSR count). The summed E-state index contributed by atoms with van der Waals surface area (Å²) in [5, 5.41) is 1.12. The number of hydrogen-bond donors (Lipinski definition) is 0. The van der Waals surface area contributed by atoms with Gasteiger partial charge in [0.2, 0.25) is 0 Å². The summed E-state index contributed by atoms with van der Waals surface area (Å²) >= 11 is 0. The van der Waals surface area contributed by atoms with Crippen molar-refractivity contribution in [2.45, 2.75) is 47.0 Å². The zero-order valence-corrected chi connectivity index (χ0v) is 17.6. The summed E-state index contributed by atoms with van der Waals surface area (Å²) in [6.07, 6.45) is 1.88. The van der Waals surface area contributed by atoms with Crippen LogP contribution in [0.4, 0.5) is 0 Å². The molecule has 2 aromatic heterocycles. The van der Waals surface area contributed by atoms with Crippen LogP contribution in [-0.2, 0) is 5.41 Å². The first kappa shape index (κ1) is 18.5. The van der Waals surface area contributed by atoms with E-state index in [1.807, 2.05) is 12.3 Å². The molecule has 0 aliphatic heterocycles. The van der Waals surface area contributed by atoms with E-state index in [0.29, 0.717) is 0 Å². The number of aryl methyl sites for hydroxylation is 3. The smallest absolute Gasteiger partial charge is 0.161 e. The molecule has 142 valence electrons. The first-order chi connectivity index (χ1) is 13.2. The number of nitrogens with zero attached hydrogens (tertiary/aromatic N) is 1. The van der Waals surface area contributed by atoms with E-state index >= 15 is 0 Å². The third kappa shape index (κ3) is 3.24. The highest BCUT2D eigenvalue weighted by molar-refractivity contribution is 5.95. The van der Waals surface area contributed by atoms with Crippen molar-refractivity contribution in [3.8, 4) is 22.6 Å². The van der Waals surface area contributed by atoms with Gasteiger partial charge in [0, 0.05) is 28.3 Å². The Morgan fingerprint density at radius 1 is 0.786 bits per heavy atom. The fourth-order valence-electron chi connectivity index (χ4n) is 3.86. The van der Waals surface area contributed by atoms with Gasteiger partial charge in [-0.15, -0.1) is 0 Å². The largest absolute Gasteiger partial charge is 0.453 e. The molecule has 2 heteroatoms. The first-order valence-electron chi connectivity index (χ1n) is 9.82. The molecule has 2 heterocycles. The van der Waals surface area contributed by atoms with Crippen LogP contribution in [0.15, 0.2) is 59.1 Å². The van der Waals surface area contributed by atoms with Gasteiger partial charge in [-0.3, -0.25) is 4.98 Å². The van der Waals surface area contributed by atoms with Crippen LogP contribution in [0.5, 0.6) is 0 Å². The van der Waals surface area contributed by atoms with Crippen LogP contribution in [0.2, 0.25) is 0 Å². The Kier molecular flexibility index (Phi) is 4.38. The molecule has 0 amide bonds. The second-order valence-electron chi connectivity index (χ2n) is 8.80. The summed E-state index contributed by atoms with van der Waals surface area (Å²) in [6.45, 7) is 13.1. The number of pyridine rings is 1. The number of rotatable bonds is 2. The molecule has 0 saturated heterocycles. The van der Waals surface area contributed by atoms with Gasteiger partial charge in [0.15, 0.2) is 5.58 Å². The summed E-state index contributed by atoms with van der Waals surface area (Å²) in [5.41, 5.74) is 9.06. The molecule has 4 aromatic rings. The Morgan fingerprint density at radius 3 is 2.04 bits per heavy atom. The highest BCUT2D eigenvalue weighted by Gasteiger charge is 2.18. The standard InChI is InChI=1S/C26H27NO/c1-16-13-17(2)15-20(14-16)23-25-22(11-12-27-23)18(3)24(28-25)19-7-9-21(10-8-19)26(4,5)6/h7-15H,1-6H3. The van der Waals surface area contributed by atoms with Crippen LogP contribution in [-0.4, -0.2) is 4.98 Å². The van der Waals surface area contributed by atoms with E-state index < -0.39 is 0 Å². The van der Waals surface area contributed by atoms with Crippen LogP contribution in [0, 0.1) is 20.8 Å². The van der Waals surface area contributed by atoms with Crippen molar-refractivity contribution < 1.29 is 4.42 Å². The van der Waals surface area contributed by atoms with E-state index in [1.165, 1.54) is 16.7 Å². The van der Waals surface area contributed by atoms with Crippen molar-refractivity contribution in [3.05, 3.63) is 77.0 Å².